The fourth-order valence-corrected chi connectivity index (χ4v) is 1.78. The number of benzene rings is 1. The first-order valence-electron chi connectivity index (χ1n) is 4.64. The Hall–Kier alpha value is -1.62. The van der Waals surface area contributed by atoms with Crippen molar-refractivity contribution >= 4 is 15.9 Å². The zero-order chi connectivity index (χ0) is 11.5. The van der Waals surface area contributed by atoms with E-state index in [0.717, 1.165) is 10.0 Å². The predicted octanol–water partition coefficient (Wildman–Crippen LogP) is 2.63. The van der Waals surface area contributed by atoms with Crippen LogP contribution < -0.4 is 10.3 Å². The number of aromatic nitrogens is 2. The summed E-state index contributed by atoms with van der Waals surface area (Å²) in [6.45, 7) is 1.97. The van der Waals surface area contributed by atoms with E-state index in [1.54, 1.807) is 6.07 Å². The highest BCUT2D eigenvalue weighted by Gasteiger charge is 2.06. The Morgan fingerprint density at radius 3 is 2.94 bits per heavy atom. The van der Waals surface area contributed by atoms with Crippen molar-refractivity contribution in [1.82, 2.24) is 9.97 Å². The van der Waals surface area contributed by atoms with Crippen molar-refractivity contribution in [2.45, 2.75) is 6.92 Å². The van der Waals surface area contributed by atoms with Crippen LogP contribution in [-0.4, -0.2) is 9.97 Å². The molecule has 1 aromatic carbocycles. The normalized spacial score (nSPS) is 10.1. The van der Waals surface area contributed by atoms with Crippen molar-refractivity contribution in [2.24, 2.45) is 0 Å². The number of nitrogens with zero attached hydrogens (tertiary/aromatic N) is 1. The van der Waals surface area contributed by atoms with Gasteiger partial charge < -0.3 is 9.72 Å². The van der Waals surface area contributed by atoms with Gasteiger partial charge in [0.1, 0.15) is 5.75 Å². The summed E-state index contributed by atoms with van der Waals surface area (Å²) in [5, 5.41) is 0. The van der Waals surface area contributed by atoms with Gasteiger partial charge in [-0.2, -0.15) is 0 Å². The molecule has 82 valence electrons. The SMILES string of the molecule is Cc1ccc(Oc2ncc[nH]c2=O)c(Br)c1. The van der Waals surface area contributed by atoms with Crippen LogP contribution in [-0.2, 0) is 0 Å². The maximum Gasteiger partial charge on any atom is 0.311 e. The number of nitrogens with one attached hydrogen (secondary N) is 1. The van der Waals surface area contributed by atoms with E-state index in [9.17, 15) is 4.79 Å². The molecule has 1 aromatic heterocycles. The minimum atomic E-state index is -0.352. The average Bonchev–Trinajstić information content (AvgIpc) is 2.25. The molecule has 0 saturated heterocycles. The molecule has 16 heavy (non-hydrogen) atoms. The Balaban J connectivity index is 2.35. The lowest BCUT2D eigenvalue weighted by atomic mass is 10.2. The summed E-state index contributed by atoms with van der Waals surface area (Å²) in [5.74, 6) is 0.599. The van der Waals surface area contributed by atoms with Gasteiger partial charge in [0.2, 0.25) is 0 Å². The molecule has 0 amide bonds. The molecule has 0 radical (unpaired) electrons. The van der Waals surface area contributed by atoms with Crippen molar-refractivity contribution in [2.75, 3.05) is 0 Å². The lowest BCUT2D eigenvalue weighted by molar-refractivity contribution is 0.451. The summed E-state index contributed by atoms with van der Waals surface area (Å²) in [5.41, 5.74) is 0.754. The van der Waals surface area contributed by atoms with Crippen LogP contribution in [0.1, 0.15) is 5.56 Å². The second-order valence-corrected chi connectivity index (χ2v) is 4.11. The van der Waals surface area contributed by atoms with Gasteiger partial charge >= 0.3 is 5.56 Å². The molecule has 0 saturated carbocycles. The Bertz CT molecular complexity index is 566. The van der Waals surface area contributed by atoms with Crippen molar-refractivity contribution < 1.29 is 4.74 Å². The minimum Gasteiger partial charge on any atom is -0.433 e. The molecule has 1 N–H and O–H groups in total. The number of hydrogen-bond acceptors (Lipinski definition) is 3. The van der Waals surface area contributed by atoms with Crippen molar-refractivity contribution in [3.05, 3.63) is 51.0 Å². The van der Waals surface area contributed by atoms with E-state index >= 15 is 0 Å². The van der Waals surface area contributed by atoms with Crippen molar-refractivity contribution in [3.63, 3.8) is 0 Å². The second-order valence-electron chi connectivity index (χ2n) is 3.26. The van der Waals surface area contributed by atoms with Crippen LogP contribution in [0.15, 0.2) is 39.9 Å². The van der Waals surface area contributed by atoms with Crippen LogP contribution in [0.4, 0.5) is 0 Å². The third-order valence-corrected chi connectivity index (χ3v) is 2.59. The van der Waals surface area contributed by atoms with Crippen LogP contribution in [0.3, 0.4) is 0 Å². The Morgan fingerprint density at radius 2 is 2.25 bits per heavy atom. The lowest BCUT2D eigenvalue weighted by Crippen LogP contribution is -2.09. The van der Waals surface area contributed by atoms with E-state index in [0.29, 0.717) is 5.75 Å². The molecule has 1 heterocycles. The summed E-state index contributed by atoms with van der Waals surface area (Å²) in [4.78, 5) is 17.7. The smallest absolute Gasteiger partial charge is 0.311 e. The Morgan fingerprint density at radius 1 is 1.44 bits per heavy atom. The highest BCUT2D eigenvalue weighted by molar-refractivity contribution is 9.10. The molecule has 0 aliphatic heterocycles. The maximum absolute atomic E-state index is 11.3. The first-order chi connectivity index (χ1) is 7.66. The molecule has 0 unspecified atom stereocenters. The van der Waals surface area contributed by atoms with Gasteiger partial charge in [-0.3, -0.25) is 4.79 Å². The molecule has 0 fully saturated rings. The van der Waals surface area contributed by atoms with Crippen LogP contribution in [0.25, 0.3) is 0 Å². The van der Waals surface area contributed by atoms with Crippen molar-refractivity contribution in [3.8, 4) is 11.6 Å². The number of ether oxygens (including phenoxy) is 1. The molecule has 4 nitrogen and oxygen atoms in total. The molecule has 0 atom stereocenters. The van der Waals surface area contributed by atoms with E-state index in [-0.39, 0.29) is 11.4 Å². The first kappa shape index (κ1) is 10.9. The highest BCUT2D eigenvalue weighted by atomic mass is 79.9. The van der Waals surface area contributed by atoms with E-state index in [2.05, 4.69) is 25.9 Å². The molecule has 5 heteroatoms. The molecule has 0 spiro atoms. The van der Waals surface area contributed by atoms with Crippen LogP contribution in [0.5, 0.6) is 11.6 Å². The van der Waals surface area contributed by atoms with Gasteiger partial charge in [0.25, 0.3) is 5.88 Å². The van der Waals surface area contributed by atoms with Gasteiger partial charge in [0.05, 0.1) is 4.47 Å². The topological polar surface area (TPSA) is 55.0 Å². The van der Waals surface area contributed by atoms with E-state index < -0.39 is 0 Å². The quantitative estimate of drug-likeness (QED) is 0.920. The summed E-state index contributed by atoms with van der Waals surface area (Å²) >= 11 is 3.36. The van der Waals surface area contributed by atoms with Gasteiger partial charge in [-0.15, -0.1) is 0 Å². The summed E-state index contributed by atoms with van der Waals surface area (Å²) in [7, 11) is 0. The molecule has 2 rings (SSSR count). The fourth-order valence-electron chi connectivity index (χ4n) is 1.20. The van der Waals surface area contributed by atoms with Gasteiger partial charge in [0, 0.05) is 12.4 Å². The standard InChI is InChI=1S/C11H9BrN2O2/c1-7-2-3-9(8(12)6-7)16-11-10(15)13-4-5-14-11/h2-6H,1H3,(H,13,15). The molecule has 2 aromatic rings. The van der Waals surface area contributed by atoms with E-state index in [1.165, 1.54) is 12.4 Å². The lowest BCUT2D eigenvalue weighted by Gasteiger charge is -2.05. The molecular weight excluding hydrogens is 272 g/mol. The number of halogens is 1. The maximum atomic E-state index is 11.3. The Labute approximate surface area is 100 Å². The van der Waals surface area contributed by atoms with Crippen LogP contribution >= 0.6 is 15.9 Å². The third-order valence-electron chi connectivity index (χ3n) is 1.97. The van der Waals surface area contributed by atoms with Crippen molar-refractivity contribution in [1.29, 1.82) is 0 Å². The largest absolute Gasteiger partial charge is 0.433 e. The summed E-state index contributed by atoms with van der Waals surface area (Å²) in [6, 6.07) is 5.59. The monoisotopic (exact) mass is 280 g/mol. The molecule has 0 aliphatic rings. The van der Waals surface area contributed by atoms with E-state index in [4.69, 9.17) is 4.74 Å². The second kappa shape index (κ2) is 4.49. The Kier molecular flexibility index (Phi) is 3.05. The van der Waals surface area contributed by atoms with Gasteiger partial charge in [0.15, 0.2) is 0 Å². The number of hydrogen-bond donors (Lipinski definition) is 1. The average molecular weight is 281 g/mol. The molecular formula is C11H9BrN2O2. The minimum absolute atomic E-state index is 0.0343. The van der Waals surface area contributed by atoms with Gasteiger partial charge in [-0.25, -0.2) is 4.98 Å². The molecule has 0 aliphatic carbocycles. The zero-order valence-electron chi connectivity index (χ0n) is 8.53. The highest BCUT2D eigenvalue weighted by Crippen LogP contribution is 2.28. The van der Waals surface area contributed by atoms with Crippen LogP contribution in [0.2, 0.25) is 0 Å². The number of aromatic amines is 1. The van der Waals surface area contributed by atoms with Gasteiger partial charge in [-0.05, 0) is 40.5 Å². The molecule has 0 bridgehead atoms. The zero-order valence-corrected chi connectivity index (χ0v) is 10.1. The first-order valence-corrected chi connectivity index (χ1v) is 5.44. The number of H-pyrrole nitrogens is 1. The van der Waals surface area contributed by atoms with Crippen LogP contribution in [0, 0.1) is 6.92 Å². The number of rotatable bonds is 2. The van der Waals surface area contributed by atoms with Gasteiger partial charge in [-0.1, -0.05) is 6.07 Å². The number of aryl methyl sites for hydroxylation is 1. The van der Waals surface area contributed by atoms with E-state index in [1.807, 2.05) is 19.1 Å². The third kappa shape index (κ3) is 2.30. The summed E-state index contributed by atoms with van der Waals surface area (Å²) in [6.07, 6.45) is 2.93. The predicted molar refractivity (Wildman–Crippen MR) is 63.8 cm³/mol. The summed E-state index contributed by atoms with van der Waals surface area (Å²) < 4.78 is 6.18. The fraction of sp³-hybridized carbons (Fsp3) is 0.0909.